The third-order valence-electron chi connectivity index (χ3n) is 4.26. The molecule has 6 heteroatoms. The van der Waals surface area contributed by atoms with Crippen molar-refractivity contribution in [1.82, 2.24) is 4.90 Å². The number of nitrogens with two attached hydrogens (primary N) is 1. The molecule has 0 aromatic heterocycles. The van der Waals surface area contributed by atoms with Gasteiger partial charge in [-0.15, -0.1) is 35.9 Å². The van der Waals surface area contributed by atoms with Crippen molar-refractivity contribution in [2.24, 2.45) is 11.7 Å². The highest BCUT2D eigenvalue weighted by atomic mass is 35.5. The molecular weight excluding hydrogens is 360 g/mol. The molecule has 0 aliphatic carbocycles. The molecule has 1 aromatic rings. The van der Waals surface area contributed by atoms with Gasteiger partial charge in [0.1, 0.15) is 0 Å². The van der Waals surface area contributed by atoms with Gasteiger partial charge in [-0.05, 0) is 48.0 Å². The quantitative estimate of drug-likeness (QED) is 0.783. The van der Waals surface area contributed by atoms with Gasteiger partial charge in [0.15, 0.2) is 0 Å². The van der Waals surface area contributed by atoms with Crippen molar-refractivity contribution >= 4 is 41.8 Å². The number of benzene rings is 1. The summed E-state index contributed by atoms with van der Waals surface area (Å²) < 4.78 is 0.523. The number of carbonyl (C=O) groups is 1. The summed E-state index contributed by atoms with van der Waals surface area (Å²) in [5.74, 6) is 2.99. The number of thioether (sulfide) groups is 2. The van der Waals surface area contributed by atoms with Crippen molar-refractivity contribution in [2.75, 3.05) is 25.1 Å². The van der Waals surface area contributed by atoms with Gasteiger partial charge in [-0.25, -0.2) is 0 Å². The SMILES string of the molecule is CC(C)C(N)CCN(C)C(=O)c1ccc(C2SCCCS2)cc1.Cl. The van der Waals surface area contributed by atoms with Gasteiger partial charge >= 0.3 is 0 Å². The Morgan fingerprint density at radius 1 is 1.25 bits per heavy atom. The summed E-state index contributed by atoms with van der Waals surface area (Å²) in [5.41, 5.74) is 8.15. The predicted octanol–water partition coefficient (Wildman–Crippen LogP) is 4.42. The fourth-order valence-corrected chi connectivity index (χ4v) is 5.36. The van der Waals surface area contributed by atoms with E-state index in [2.05, 4.69) is 26.0 Å². The molecule has 2 N–H and O–H groups in total. The van der Waals surface area contributed by atoms with Crippen molar-refractivity contribution < 1.29 is 4.79 Å². The summed E-state index contributed by atoms with van der Waals surface area (Å²) in [6, 6.07) is 8.29. The van der Waals surface area contributed by atoms with Gasteiger partial charge in [-0.2, -0.15) is 0 Å². The average Bonchev–Trinajstić information content (AvgIpc) is 2.59. The summed E-state index contributed by atoms with van der Waals surface area (Å²) in [7, 11) is 1.86. The van der Waals surface area contributed by atoms with Gasteiger partial charge in [-0.1, -0.05) is 26.0 Å². The molecule has 2 rings (SSSR count). The summed E-state index contributed by atoms with van der Waals surface area (Å²) in [5, 5.41) is 0. The Morgan fingerprint density at radius 3 is 2.38 bits per heavy atom. The van der Waals surface area contributed by atoms with Crippen LogP contribution in [-0.4, -0.2) is 41.9 Å². The van der Waals surface area contributed by atoms with Crippen molar-refractivity contribution in [3.63, 3.8) is 0 Å². The fraction of sp³-hybridized carbons (Fsp3) is 0.611. The maximum atomic E-state index is 12.5. The highest BCUT2D eigenvalue weighted by molar-refractivity contribution is 8.16. The lowest BCUT2D eigenvalue weighted by Crippen LogP contribution is -2.34. The van der Waals surface area contributed by atoms with E-state index < -0.39 is 0 Å². The van der Waals surface area contributed by atoms with E-state index >= 15 is 0 Å². The second-order valence-electron chi connectivity index (χ2n) is 6.47. The first-order valence-electron chi connectivity index (χ1n) is 8.33. The van der Waals surface area contributed by atoms with Crippen molar-refractivity contribution in [3.05, 3.63) is 35.4 Å². The zero-order chi connectivity index (χ0) is 16.8. The topological polar surface area (TPSA) is 46.3 Å². The third-order valence-corrected chi connectivity index (χ3v) is 7.27. The van der Waals surface area contributed by atoms with Crippen LogP contribution < -0.4 is 5.73 Å². The summed E-state index contributed by atoms with van der Waals surface area (Å²) in [6.45, 7) is 4.94. The molecule has 136 valence electrons. The van der Waals surface area contributed by atoms with Crippen LogP contribution in [0.5, 0.6) is 0 Å². The van der Waals surface area contributed by atoms with Crippen LogP contribution in [0.2, 0.25) is 0 Å². The van der Waals surface area contributed by atoms with Crippen LogP contribution in [0.3, 0.4) is 0 Å². The van der Waals surface area contributed by atoms with Crippen molar-refractivity contribution in [1.29, 1.82) is 0 Å². The molecule has 1 unspecified atom stereocenters. The van der Waals surface area contributed by atoms with Crippen LogP contribution in [0, 0.1) is 5.92 Å². The maximum absolute atomic E-state index is 12.5. The van der Waals surface area contributed by atoms with E-state index in [-0.39, 0.29) is 24.4 Å². The van der Waals surface area contributed by atoms with Gasteiger partial charge in [0.2, 0.25) is 0 Å². The molecule has 1 amide bonds. The monoisotopic (exact) mass is 388 g/mol. The number of carbonyl (C=O) groups excluding carboxylic acids is 1. The minimum Gasteiger partial charge on any atom is -0.342 e. The molecular formula is C18H29ClN2OS2. The Labute approximate surface area is 160 Å². The molecule has 1 heterocycles. The van der Waals surface area contributed by atoms with E-state index in [1.54, 1.807) is 4.90 Å². The first kappa shape index (κ1) is 21.7. The highest BCUT2D eigenvalue weighted by Gasteiger charge is 2.18. The summed E-state index contributed by atoms with van der Waals surface area (Å²) >= 11 is 4.01. The van der Waals surface area contributed by atoms with Gasteiger partial charge in [0, 0.05) is 25.2 Å². The molecule has 1 aromatic carbocycles. The Hall–Kier alpha value is -0.360. The zero-order valence-electron chi connectivity index (χ0n) is 14.7. The lowest BCUT2D eigenvalue weighted by atomic mass is 10.0. The largest absolute Gasteiger partial charge is 0.342 e. The first-order chi connectivity index (χ1) is 11.0. The van der Waals surface area contributed by atoms with Gasteiger partial charge in [0.25, 0.3) is 5.91 Å². The molecule has 1 aliphatic heterocycles. The molecule has 0 saturated carbocycles. The van der Waals surface area contributed by atoms with Crippen molar-refractivity contribution in [2.45, 2.75) is 37.3 Å². The van der Waals surface area contributed by atoms with E-state index in [9.17, 15) is 4.79 Å². The maximum Gasteiger partial charge on any atom is 0.253 e. The van der Waals surface area contributed by atoms with Gasteiger partial charge < -0.3 is 10.6 Å². The van der Waals surface area contributed by atoms with Crippen LogP contribution in [-0.2, 0) is 0 Å². The lowest BCUT2D eigenvalue weighted by Gasteiger charge is -2.23. The van der Waals surface area contributed by atoms with E-state index in [0.717, 1.165) is 12.0 Å². The van der Waals surface area contributed by atoms with Crippen LogP contribution in [0.25, 0.3) is 0 Å². The molecule has 1 atom stereocenters. The second kappa shape index (κ2) is 10.6. The summed E-state index contributed by atoms with van der Waals surface area (Å²) in [4.78, 5) is 14.3. The van der Waals surface area contributed by atoms with Crippen LogP contribution in [0.1, 0.15) is 47.2 Å². The average molecular weight is 389 g/mol. The summed E-state index contributed by atoms with van der Waals surface area (Å²) in [6.07, 6.45) is 2.14. The van der Waals surface area contributed by atoms with Gasteiger partial charge in [-0.3, -0.25) is 4.79 Å². The van der Waals surface area contributed by atoms with Gasteiger partial charge in [0.05, 0.1) is 4.58 Å². The van der Waals surface area contributed by atoms with Crippen molar-refractivity contribution in [3.8, 4) is 0 Å². The minimum atomic E-state index is 0. The van der Waals surface area contributed by atoms with E-state index in [0.29, 0.717) is 17.0 Å². The smallest absolute Gasteiger partial charge is 0.253 e. The Bertz CT molecular complexity index is 504. The standard InChI is InChI=1S/C18H28N2OS2.ClH/c1-13(2)16(19)9-10-20(3)17(21)14-5-7-15(8-6-14)18-22-11-4-12-23-18;/h5-8,13,16,18H,4,9-12,19H2,1-3H3;1H. The fourth-order valence-electron chi connectivity index (χ4n) is 2.46. The zero-order valence-corrected chi connectivity index (χ0v) is 17.2. The van der Waals surface area contributed by atoms with Crippen LogP contribution in [0.4, 0.5) is 0 Å². The van der Waals surface area contributed by atoms with Crippen LogP contribution in [0.15, 0.2) is 24.3 Å². The number of hydrogen-bond donors (Lipinski definition) is 1. The molecule has 0 bridgehead atoms. The second-order valence-corrected chi connectivity index (χ2v) is 9.20. The Balaban J connectivity index is 0.00000288. The molecule has 0 spiro atoms. The third kappa shape index (κ3) is 6.17. The Morgan fingerprint density at radius 2 is 1.83 bits per heavy atom. The van der Waals surface area contributed by atoms with E-state index in [1.807, 2.05) is 42.7 Å². The van der Waals surface area contributed by atoms with E-state index in [4.69, 9.17) is 5.73 Å². The van der Waals surface area contributed by atoms with E-state index in [1.165, 1.54) is 23.5 Å². The number of halogens is 1. The predicted molar refractivity (Wildman–Crippen MR) is 110 cm³/mol. The number of rotatable bonds is 6. The molecule has 1 fully saturated rings. The molecule has 24 heavy (non-hydrogen) atoms. The molecule has 1 saturated heterocycles. The molecule has 1 aliphatic rings. The minimum absolute atomic E-state index is 0. The normalized spacial score (nSPS) is 16.5. The lowest BCUT2D eigenvalue weighted by molar-refractivity contribution is 0.0789. The number of nitrogens with zero attached hydrogens (tertiary/aromatic N) is 1. The molecule has 0 radical (unpaired) electrons. The van der Waals surface area contributed by atoms with Crippen LogP contribution >= 0.6 is 35.9 Å². The first-order valence-corrected chi connectivity index (χ1v) is 10.4. The number of amides is 1. The highest BCUT2D eigenvalue weighted by Crippen LogP contribution is 2.43. The number of hydrogen-bond acceptors (Lipinski definition) is 4. The Kier molecular flexibility index (Phi) is 9.57. The molecule has 3 nitrogen and oxygen atoms in total.